The summed E-state index contributed by atoms with van der Waals surface area (Å²) < 4.78 is 6.65. The maximum absolute atomic E-state index is 12.4. The van der Waals surface area contributed by atoms with E-state index in [1.165, 1.54) is 35.0 Å². The van der Waals surface area contributed by atoms with E-state index in [1.807, 2.05) is 6.07 Å². The number of para-hydroxylation sites is 1. The second-order valence-corrected chi connectivity index (χ2v) is 10.7. The van der Waals surface area contributed by atoms with Crippen molar-refractivity contribution in [3.63, 3.8) is 0 Å². The van der Waals surface area contributed by atoms with Crippen molar-refractivity contribution in [1.29, 1.82) is 0 Å². The van der Waals surface area contributed by atoms with Crippen LogP contribution in [0.25, 0.3) is 10.9 Å². The zero-order chi connectivity index (χ0) is 21.2. The minimum Gasteiger partial charge on any atom is -0.497 e. The molecule has 0 amide bonds. The van der Waals surface area contributed by atoms with Crippen LogP contribution >= 0.6 is 15.9 Å². The van der Waals surface area contributed by atoms with Gasteiger partial charge in [-0.25, -0.2) is 0 Å². The average Bonchev–Trinajstić information content (AvgIpc) is 3.52. The van der Waals surface area contributed by atoms with Crippen LogP contribution in [-0.4, -0.2) is 47.3 Å². The molecule has 1 saturated heterocycles. The molecule has 0 bridgehead atoms. The molecule has 5 heteroatoms. The minimum absolute atomic E-state index is 0.318. The molecule has 2 aromatic carbocycles. The maximum Gasteiger partial charge on any atom is 0.119 e. The van der Waals surface area contributed by atoms with Crippen molar-refractivity contribution in [2.24, 2.45) is 5.92 Å². The molecule has 4 nitrogen and oxygen atoms in total. The van der Waals surface area contributed by atoms with Crippen molar-refractivity contribution >= 4 is 26.8 Å². The number of piperidine rings is 1. The number of fused-ring (bicyclic) bond motifs is 4. The van der Waals surface area contributed by atoms with Gasteiger partial charge in [0.2, 0.25) is 0 Å². The van der Waals surface area contributed by atoms with Gasteiger partial charge in [-0.15, -0.1) is 0 Å². The normalized spacial score (nSPS) is 28.4. The average molecular weight is 481 g/mol. The van der Waals surface area contributed by atoms with Crippen molar-refractivity contribution < 1.29 is 9.84 Å². The first-order valence-corrected chi connectivity index (χ1v) is 12.2. The third kappa shape index (κ3) is 3.08. The quantitative estimate of drug-likeness (QED) is 0.562. The lowest BCUT2D eigenvalue weighted by atomic mass is 9.56. The molecule has 31 heavy (non-hydrogen) atoms. The van der Waals surface area contributed by atoms with Crippen molar-refractivity contribution in [1.82, 2.24) is 9.88 Å². The smallest absolute Gasteiger partial charge is 0.119 e. The number of methoxy groups -OCH3 is 1. The summed E-state index contributed by atoms with van der Waals surface area (Å²) in [4.78, 5) is 6.23. The van der Waals surface area contributed by atoms with Gasteiger partial charge in [-0.1, -0.05) is 24.3 Å². The minimum atomic E-state index is -0.809. The Kier molecular flexibility index (Phi) is 4.54. The first-order valence-electron chi connectivity index (χ1n) is 11.4. The summed E-state index contributed by atoms with van der Waals surface area (Å²) in [6, 6.07) is 14.8. The van der Waals surface area contributed by atoms with Crippen LogP contribution in [-0.2, 0) is 18.3 Å². The van der Waals surface area contributed by atoms with Crippen LogP contribution in [0, 0.1) is 5.92 Å². The third-order valence-corrected chi connectivity index (χ3v) is 8.65. The van der Waals surface area contributed by atoms with E-state index in [-0.39, 0.29) is 5.41 Å². The second-order valence-electron chi connectivity index (χ2n) is 9.87. The highest BCUT2D eigenvalue weighted by Gasteiger charge is 2.57. The Morgan fingerprint density at radius 3 is 2.84 bits per heavy atom. The molecule has 162 valence electrons. The number of nitrogens with zero attached hydrogens (tertiary/aromatic N) is 1. The number of H-pyrrole nitrogens is 1. The van der Waals surface area contributed by atoms with Gasteiger partial charge in [0.05, 0.1) is 18.2 Å². The SMILES string of the molecule is COc1cccc([C@@]23CCN(CC4CC4)C[C@@]2(O)Cc2c([nH]c4c(Br)cccc24)C3)c1. The second kappa shape index (κ2) is 7.09. The largest absolute Gasteiger partial charge is 0.497 e. The molecule has 1 aromatic heterocycles. The molecular formula is C26H29BrN2O2. The fraction of sp³-hybridized carbons (Fsp3) is 0.462. The fourth-order valence-corrected chi connectivity index (χ4v) is 6.62. The molecule has 2 heterocycles. The Balaban J connectivity index is 1.50. The molecule has 1 aliphatic heterocycles. The van der Waals surface area contributed by atoms with Gasteiger partial charge in [0.25, 0.3) is 0 Å². The number of aromatic nitrogens is 1. The predicted octanol–water partition coefficient (Wildman–Crippen LogP) is 4.82. The van der Waals surface area contributed by atoms with Crippen LogP contribution in [0.4, 0.5) is 0 Å². The third-order valence-electron chi connectivity index (χ3n) is 7.99. The standard InChI is InChI=1S/C26H29BrN2O2/c1-31-19-5-2-4-18(12-19)25-10-11-29(15-17-8-9-17)16-26(25,30)13-21-20-6-3-7-22(27)24(20)28-23(21)14-25/h2-7,12,17,28,30H,8-11,13-16H2,1H3/t25-,26-/m0/s1. The molecule has 0 spiro atoms. The molecule has 0 unspecified atom stereocenters. The van der Waals surface area contributed by atoms with Crippen molar-refractivity contribution in [2.45, 2.75) is 43.1 Å². The Morgan fingerprint density at radius 1 is 1.19 bits per heavy atom. The van der Waals surface area contributed by atoms with Crippen molar-refractivity contribution in [3.05, 3.63) is 63.8 Å². The number of nitrogens with one attached hydrogen (secondary N) is 1. The summed E-state index contributed by atoms with van der Waals surface area (Å²) in [5.74, 6) is 1.69. The Hall–Kier alpha value is -1.82. The van der Waals surface area contributed by atoms with E-state index in [2.05, 4.69) is 62.2 Å². The summed E-state index contributed by atoms with van der Waals surface area (Å²) >= 11 is 3.72. The van der Waals surface area contributed by atoms with E-state index in [1.54, 1.807) is 7.11 Å². The molecule has 6 rings (SSSR count). The van der Waals surface area contributed by atoms with Gasteiger partial charge in [-0.05, 0) is 77.0 Å². The van der Waals surface area contributed by atoms with E-state index < -0.39 is 5.60 Å². The first kappa shape index (κ1) is 19.8. The summed E-state index contributed by atoms with van der Waals surface area (Å²) in [6.07, 6.45) is 5.15. The van der Waals surface area contributed by atoms with E-state index in [0.29, 0.717) is 6.42 Å². The fourth-order valence-electron chi connectivity index (χ4n) is 6.16. The van der Waals surface area contributed by atoms with Gasteiger partial charge in [0.15, 0.2) is 0 Å². The number of ether oxygens (including phenoxy) is 1. The number of benzene rings is 2. The van der Waals surface area contributed by atoms with Crippen LogP contribution in [0.5, 0.6) is 5.75 Å². The molecule has 0 radical (unpaired) electrons. The predicted molar refractivity (Wildman–Crippen MR) is 127 cm³/mol. The van der Waals surface area contributed by atoms with E-state index in [4.69, 9.17) is 4.74 Å². The van der Waals surface area contributed by atoms with Gasteiger partial charge in [0.1, 0.15) is 5.75 Å². The number of β-amino-alcohol motifs (C(OH)–C–C–N with tert-alkyl or cyclic N) is 1. The summed E-state index contributed by atoms with van der Waals surface area (Å²) in [5.41, 5.74) is 3.77. The Morgan fingerprint density at radius 2 is 2.03 bits per heavy atom. The van der Waals surface area contributed by atoms with Crippen molar-refractivity contribution in [3.8, 4) is 5.75 Å². The molecule has 2 N–H and O–H groups in total. The van der Waals surface area contributed by atoms with Crippen molar-refractivity contribution in [2.75, 3.05) is 26.7 Å². The monoisotopic (exact) mass is 480 g/mol. The zero-order valence-corrected chi connectivity index (χ0v) is 19.5. The van der Waals surface area contributed by atoms with Gasteiger partial charge >= 0.3 is 0 Å². The molecule has 3 aliphatic rings. The number of aliphatic hydroxyl groups is 1. The molecule has 2 atom stereocenters. The molecule has 2 fully saturated rings. The number of hydrogen-bond acceptors (Lipinski definition) is 3. The number of hydrogen-bond donors (Lipinski definition) is 2. The zero-order valence-electron chi connectivity index (χ0n) is 18.0. The van der Waals surface area contributed by atoms with E-state index in [9.17, 15) is 5.11 Å². The highest BCUT2D eigenvalue weighted by atomic mass is 79.9. The van der Waals surface area contributed by atoms with E-state index in [0.717, 1.165) is 54.1 Å². The van der Waals surface area contributed by atoms with E-state index >= 15 is 0 Å². The number of halogens is 1. The number of aromatic amines is 1. The molecule has 2 aliphatic carbocycles. The van der Waals surface area contributed by atoms with Gasteiger partial charge in [-0.2, -0.15) is 0 Å². The summed E-state index contributed by atoms with van der Waals surface area (Å²) in [5, 5.41) is 13.7. The summed E-state index contributed by atoms with van der Waals surface area (Å²) in [7, 11) is 1.72. The van der Waals surface area contributed by atoms with Crippen LogP contribution in [0.15, 0.2) is 46.9 Å². The van der Waals surface area contributed by atoms with Gasteiger partial charge in [-0.3, -0.25) is 0 Å². The molecular weight excluding hydrogens is 452 g/mol. The number of rotatable bonds is 4. The summed E-state index contributed by atoms with van der Waals surface area (Å²) in [6.45, 7) is 2.90. The Bertz CT molecular complexity index is 1150. The molecule has 1 saturated carbocycles. The first-order chi connectivity index (χ1) is 15.0. The highest BCUT2D eigenvalue weighted by molar-refractivity contribution is 9.10. The van der Waals surface area contributed by atoms with Gasteiger partial charge < -0.3 is 19.7 Å². The van der Waals surface area contributed by atoms with Crippen LogP contribution in [0.2, 0.25) is 0 Å². The topological polar surface area (TPSA) is 48.5 Å². The van der Waals surface area contributed by atoms with Gasteiger partial charge in [0, 0.05) is 46.9 Å². The molecule has 3 aromatic rings. The highest BCUT2D eigenvalue weighted by Crippen LogP contribution is 2.52. The van der Waals surface area contributed by atoms with Crippen LogP contribution in [0.1, 0.15) is 36.1 Å². The van der Waals surface area contributed by atoms with Crippen LogP contribution < -0.4 is 4.74 Å². The lowest BCUT2D eigenvalue weighted by Crippen LogP contribution is -2.66. The lowest BCUT2D eigenvalue weighted by molar-refractivity contribution is -0.103. The Labute approximate surface area is 191 Å². The maximum atomic E-state index is 12.4. The lowest BCUT2D eigenvalue weighted by Gasteiger charge is -2.56. The van der Waals surface area contributed by atoms with Crippen LogP contribution in [0.3, 0.4) is 0 Å². The number of likely N-dealkylation sites (tertiary alicyclic amines) is 1.